The van der Waals surface area contributed by atoms with E-state index in [1.54, 1.807) is 41.3 Å². The number of nitrogens with one attached hydrogen (secondary N) is 1. The predicted octanol–water partition coefficient (Wildman–Crippen LogP) is 4.02. The average Bonchev–Trinajstić information content (AvgIpc) is 2.79. The molecule has 3 aromatic carbocycles. The SMILES string of the molecule is N#Cc1ccc2c(c1)N(c1ccc(O)cc1)C1NC(=O)N(c3ccc(F)cc3)C(=O)C1=C2. The van der Waals surface area contributed by atoms with Gasteiger partial charge in [-0.05, 0) is 72.3 Å². The lowest BCUT2D eigenvalue weighted by atomic mass is 9.95. The quantitative estimate of drug-likeness (QED) is 0.645. The van der Waals surface area contributed by atoms with Gasteiger partial charge >= 0.3 is 6.03 Å². The highest BCUT2D eigenvalue weighted by Gasteiger charge is 2.43. The molecule has 3 amide bonds. The molecule has 0 spiro atoms. The minimum Gasteiger partial charge on any atom is -0.508 e. The summed E-state index contributed by atoms with van der Waals surface area (Å²) in [7, 11) is 0. The van der Waals surface area contributed by atoms with Crippen molar-refractivity contribution in [3.63, 3.8) is 0 Å². The molecule has 7 nitrogen and oxygen atoms in total. The minimum atomic E-state index is -0.835. The van der Waals surface area contributed by atoms with E-state index in [-0.39, 0.29) is 11.4 Å². The summed E-state index contributed by atoms with van der Waals surface area (Å²) < 4.78 is 13.3. The molecule has 0 radical (unpaired) electrons. The minimum absolute atomic E-state index is 0.0683. The Hall–Kier alpha value is -4.64. The molecule has 2 heterocycles. The van der Waals surface area contributed by atoms with Crippen LogP contribution in [0.5, 0.6) is 5.75 Å². The van der Waals surface area contributed by atoms with Gasteiger partial charge in [-0.2, -0.15) is 5.26 Å². The van der Waals surface area contributed by atoms with Crippen LogP contribution in [-0.2, 0) is 4.79 Å². The molecule has 0 saturated carbocycles. The second-order valence-corrected chi connectivity index (χ2v) is 7.34. The molecule has 1 saturated heterocycles. The number of hydrogen-bond acceptors (Lipinski definition) is 5. The summed E-state index contributed by atoms with van der Waals surface area (Å²) in [4.78, 5) is 29.1. The smallest absolute Gasteiger partial charge is 0.330 e. The molecule has 1 atom stereocenters. The van der Waals surface area contributed by atoms with Gasteiger partial charge in [0, 0.05) is 5.69 Å². The molecular weight excluding hydrogens is 411 g/mol. The number of urea groups is 1. The molecule has 5 rings (SSSR count). The number of halogens is 1. The number of hydrogen-bond donors (Lipinski definition) is 2. The van der Waals surface area contributed by atoms with Gasteiger partial charge in [-0.3, -0.25) is 4.79 Å². The third-order valence-electron chi connectivity index (χ3n) is 5.41. The van der Waals surface area contributed by atoms with E-state index in [2.05, 4.69) is 11.4 Å². The van der Waals surface area contributed by atoms with Crippen molar-refractivity contribution >= 4 is 35.1 Å². The molecule has 0 aromatic heterocycles. The fourth-order valence-corrected chi connectivity index (χ4v) is 3.92. The summed E-state index contributed by atoms with van der Waals surface area (Å²) in [5.74, 6) is -0.947. The first-order chi connectivity index (χ1) is 15.5. The Morgan fingerprint density at radius 1 is 0.969 bits per heavy atom. The van der Waals surface area contributed by atoms with Crippen molar-refractivity contribution in [2.75, 3.05) is 9.80 Å². The Morgan fingerprint density at radius 3 is 2.34 bits per heavy atom. The van der Waals surface area contributed by atoms with Crippen LogP contribution in [-0.4, -0.2) is 23.2 Å². The van der Waals surface area contributed by atoms with Crippen molar-refractivity contribution in [1.29, 1.82) is 5.26 Å². The van der Waals surface area contributed by atoms with E-state index in [1.807, 2.05) is 0 Å². The molecule has 3 aromatic rings. The van der Waals surface area contributed by atoms with Gasteiger partial charge in [0.1, 0.15) is 17.7 Å². The van der Waals surface area contributed by atoms with Gasteiger partial charge in [0.15, 0.2) is 0 Å². The van der Waals surface area contributed by atoms with Gasteiger partial charge in [-0.1, -0.05) is 6.07 Å². The van der Waals surface area contributed by atoms with Gasteiger partial charge in [-0.25, -0.2) is 14.1 Å². The first-order valence-electron chi connectivity index (χ1n) is 9.71. The highest BCUT2D eigenvalue weighted by atomic mass is 19.1. The van der Waals surface area contributed by atoms with Crippen LogP contribution in [0.2, 0.25) is 0 Å². The van der Waals surface area contributed by atoms with Gasteiger partial charge in [0.25, 0.3) is 5.91 Å². The van der Waals surface area contributed by atoms with E-state index < -0.39 is 23.9 Å². The van der Waals surface area contributed by atoms with E-state index in [4.69, 9.17) is 0 Å². The number of benzene rings is 3. The van der Waals surface area contributed by atoms with Crippen LogP contribution < -0.4 is 15.1 Å². The van der Waals surface area contributed by atoms with Crippen LogP contribution in [0, 0.1) is 17.1 Å². The van der Waals surface area contributed by atoms with Gasteiger partial charge in [0.05, 0.1) is 28.6 Å². The second-order valence-electron chi connectivity index (χ2n) is 7.34. The van der Waals surface area contributed by atoms with Crippen molar-refractivity contribution < 1.29 is 19.1 Å². The molecule has 2 aliphatic heterocycles. The van der Waals surface area contributed by atoms with E-state index in [0.717, 1.165) is 4.90 Å². The zero-order valence-electron chi connectivity index (χ0n) is 16.5. The first kappa shape index (κ1) is 19.3. The third-order valence-corrected chi connectivity index (χ3v) is 5.41. The topological polar surface area (TPSA) is 96.7 Å². The lowest BCUT2D eigenvalue weighted by molar-refractivity contribution is -0.115. The zero-order chi connectivity index (χ0) is 22.4. The number of nitrogens with zero attached hydrogens (tertiary/aromatic N) is 3. The monoisotopic (exact) mass is 426 g/mol. The molecule has 0 aliphatic carbocycles. The number of fused-ring (bicyclic) bond motifs is 2. The van der Waals surface area contributed by atoms with Gasteiger partial charge in [-0.15, -0.1) is 0 Å². The zero-order valence-corrected chi connectivity index (χ0v) is 16.5. The number of phenols is 1. The maximum atomic E-state index is 13.4. The number of carbonyl (C=O) groups excluding carboxylic acids is 2. The molecule has 32 heavy (non-hydrogen) atoms. The lowest BCUT2D eigenvalue weighted by Crippen LogP contribution is -2.62. The Morgan fingerprint density at radius 2 is 1.66 bits per heavy atom. The van der Waals surface area contributed by atoms with Crippen molar-refractivity contribution in [2.24, 2.45) is 0 Å². The van der Waals surface area contributed by atoms with Crippen molar-refractivity contribution in [2.45, 2.75) is 6.17 Å². The van der Waals surface area contributed by atoms with E-state index in [9.17, 15) is 24.3 Å². The number of imide groups is 1. The summed E-state index contributed by atoms with van der Waals surface area (Å²) in [6.45, 7) is 0. The van der Waals surface area contributed by atoms with Gasteiger partial charge < -0.3 is 15.3 Å². The summed E-state index contributed by atoms with van der Waals surface area (Å²) in [5.41, 5.74) is 2.90. The maximum Gasteiger partial charge on any atom is 0.330 e. The highest BCUT2D eigenvalue weighted by Crippen LogP contribution is 2.40. The maximum absolute atomic E-state index is 13.4. The molecule has 2 N–H and O–H groups in total. The van der Waals surface area contributed by atoms with Crippen molar-refractivity contribution in [1.82, 2.24) is 5.32 Å². The average molecular weight is 426 g/mol. The van der Waals surface area contributed by atoms with Crippen LogP contribution in [0.15, 0.2) is 72.3 Å². The van der Waals surface area contributed by atoms with Crippen LogP contribution >= 0.6 is 0 Å². The predicted molar refractivity (Wildman–Crippen MR) is 116 cm³/mol. The molecule has 0 bridgehead atoms. The lowest BCUT2D eigenvalue weighted by Gasteiger charge is -2.43. The number of carbonyl (C=O) groups is 2. The molecular formula is C24H15FN4O3. The fraction of sp³-hybridized carbons (Fsp3) is 0.0417. The summed E-state index contributed by atoms with van der Waals surface area (Å²) in [5, 5.41) is 21.9. The molecule has 8 heteroatoms. The normalized spacial score (nSPS) is 17.1. The largest absolute Gasteiger partial charge is 0.508 e. The van der Waals surface area contributed by atoms with E-state index in [0.29, 0.717) is 28.1 Å². The summed E-state index contributed by atoms with van der Waals surface area (Å²) >= 11 is 0. The summed E-state index contributed by atoms with van der Waals surface area (Å²) in [6.07, 6.45) is 0.841. The standard InChI is InChI=1S/C24H15FN4O3/c25-16-3-5-18(6-4-16)29-23(31)20-12-15-2-1-14(13-26)11-21(15)28(22(20)27-24(29)32)17-7-9-19(30)10-8-17/h1-12,22,30H,(H,27,32). The Balaban J connectivity index is 1.66. The van der Waals surface area contributed by atoms with Crippen molar-refractivity contribution in [3.8, 4) is 11.8 Å². The number of phenolic OH excluding ortho intramolecular Hbond substituents is 1. The van der Waals surface area contributed by atoms with Crippen molar-refractivity contribution in [3.05, 3.63) is 89.2 Å². The van der Waals surface area contributed by atoms with Crippen LogP contribution in [0.3, 0.4) is 0 Å². The summed E-state index contributed by atoms with van der Waals surface area (Å²) in [6, 6.07) is 17.9. The molecule has 1 unspecified atom stereocenters. The Bertz CT molecular complexity index is 1330. The van der Waals surface area contributed by atoms with E-state index in [1.165, 1.54) is 36.4 Å². The highest BCUT2D eigenvalue weighted by molar-refractivity contribution is 6.25. The number of aromatic hydroxyl groups is 1. The Kier molecular flexibility index (Phi) is 4.38. The molecule has 156 valence electrons. The van der Waals surface area contributed by atoms with Crippen LogP contribution in [0.25, 0.3) is 6.08 Å². The second kappa shape index (κ2) is 7.25. The van der Waals surface area contributed by atoms with Gasteiger partial charge in [0.2, 0.25) is 0 Å². The van der Waals surface area contributed by atoms with E-state index >= 15 is 0 Å². The number of amides is 3. The van der Waals surface area contributed by atoms with Crippen LogP contribution in [0.4, 0.5) is 26.2 Å². The molecule has 1 fully saturated rings. The third kappa shape index (κ3) is 3.04. The number of nitriles is 1. The number of anilines is 3. The fourth-order valence-electron chi connectivity index (χ4n) is 3.92. The van der Waals surface area contributed by atoms with Crippen LogP contribution in [0.1, 0.15) is 11.1 Å². The number of rotatable bonds is 2. The Labute approximate surface area is 182 Å². The molecule has 2 aliphatic rings. The first-order valence-corrected chi connectivity index (χ1v) is 9.71.